The van der Waals surface area contributed by atoms with E-state index in [2.05, 4.69) is 28.2 Å². The monoisotopic (exact) mass is 393 g/mol. The first kappa shape index (κ1) is 17.8. The van der Waals surface area contributed by atoms with Crippen molar-refractivity contribution in [1.82, 2.24) is 5.32 Å². The number of halogens is 1. The second-order valence-electron chi connectivity index (χ2n) is 5.01. The van der Waals surface area contributed by atoms with Gasteiger partial charge in [-0.1, -0.05) is 19.1 Å². The summed E-state index contributed by atoms with van der Waals surface area (Å²) in [7, 11) is 0. The van der Waals surface area contributed by atoms with E-state index in [1.807, 2.05) is 42.5 Å². The molecule has 0 aliphatic heterocycles. The average molecular weight is 394 g/mol. The highest BCUT2D eigenvalue weighted by Crippen LogP contribution is 2.22. The summed E-state index contributed by atoms with van der Waals surface area (Å²) in [4.78, 5) is 12.8. The number of amides is 1. The molecule has 0 aliphatic rings. The van der Waals surface area contributed by atoms with E-state index in [0.29, 0.717) is 6.54 Å². The van der Waals surface area contributed by atoms with E-state index in [9.17, 15) is 4.79 Å². The van der Waals surface area contributed by atoms with Crippen LogP contribution in [0.2, 0.25) is 0 Å². The van der Waals surface area contributed by atoms with Gasteiger partial charge in [0.15, 0.2) is 0 Å². The molecule has 23 heavy (non-hydrogen) atoms. The summed E-state index contributed by atoms with van der Waals surface area (Å²) in [5, 5.41) is 2.89. The predicted molar refractivity (Wildman–Crippen MR) is 100.0 cm³/mol. The van der Waals surface area contributed by atoms with Crippen LogP contribution >= 0.6 is 27.3 Å². The van der Waals surface area contributed by atoms with E-state index >= 15 is 0 Å². The Kier molecular flexibility index (Phi) is 7.36. The highest BCUT2D eigenvalue weighted by Gasteiger charge is 1.99. The van der Waals surface area contributed by atoms with Gasteiger partial charge in [0.25, 0.3) is 0 Å². The van der Waals surface area contributed by atoms with Crippen LogP contribution in [0.1, 0.15) is 23.8 Å². The molecule has 1 aromatic heterocycles. The van der Waals surface area contributed by atoms with Gasteiger partial charge in [-0.05, 0) is 64.7 Å². The molecule has 0 atom stereocenters. The molecule has 0 radical (unpaired) electrons. The van der Waals surface area contributed by atoms with Gasteiger partial charge in [0, 0.05) is 17.5 Å². The highest BCUT2D eigenvalue weighted by molar-refractivity contribution is 9.11. The summed E-state index contributed by atoms with van der Waals surface area (Å²) < 4.78 is 6.61. The number of rotatable bonds is 8. The van der Waals surface area contributed by atoms with Crippen LogP contribution < -0.4 is 10.1 Å². The normalized spacial score (nSPS) is 10.9. The van der Waals surface area contributed by atoms with Crippen molar-refractivity contribution in [2.24, 2.45) is 0 Å². The molecule has 0 spiro atoms. The van der Waals surface area contributed by atoms with Crippen LogP contribution in [0.5, 0.6) is 5.75 Å². The Hall–Kier alpha value is -1.59. The van der Waals surface area contributed by atoms with Crippen LogP contribution in [0.25, 0.3) is 6.08 Å². The van der Waals surface area contributed by atoms with Gasteiger partial charge in [0.05, 0.1) is 10.4 Å². The topological polar surface area (TPSA) is 38.3 Å². The Bertz CT molecular complexity index is 649. The fourth-order valence-corrected chi connectivity index (χ4v) is 3.26. The first-order valence-electron chi connectivity index (χ1n) is 7.60. The van der Waals surface area contributed by atoms with Crippen LogP contribution in [-0.4, -0.2) is 19.1 Å². The van der Waals surface area contributed by atoms with E-state index in [1.165, 1.54) is 5.56 Å². The molecular formula is C18H20BrNO2S. The van der Waals surface area contributed by atoms with Crippen molar-refractivity contribution < 1.29 is 9.53 Å². The van der Waals surface area contributed by atoms with Gasteiger partial charge in [0.1, 0.15) is 5.75 Å². The van der Waals surface area contributed by atoms with Gasteiger partial charge in [-0.15, -0.1) is 11.3 Å². The van der Waals surface area contributed by atoms with Crippen molar-refractivity contribution in [2.45, 2.75) is 19.8 Å². The number of carbonyl (C=O) groups excluding carboxylic acids is 1. The molecule has 1 heterocycles. The summed E-state index contributed by atoms with van der Waals surface area (Å²) in [6, 6.07) is 12.0. The number of nitrogens with one attached hydrogen (secondary N) is 1. The molecule has 0 unspecified atom stereocenters. The van der Waals surface area contributed by atoms with E-state index in [4.69, 9.17) is 4.74 Å². The molecular weight excluding hydrogens is 374 g/mol. The fraction of sp³-hybridized carbons (Fsp3) is 0.278. The van der Waals surface area contributed by atoms with Gasteiger partial charge in [-0.2, -0.15) is 0 Å². The zero-order valence-electron chi connectivity index (χ0n) is 13.0. The van der Waals surface area contributed by atoms with Crippen LogP contribution in [0.4, 0.5) is 0 Å². The van der Waals surface area contributed by atoms with Crippen molar-refractivity contribution in [3.05, 3.63) is 56.7 Å². The lowest BCUT2D eigenvalue weighted by molar-refractivity contribution is -0.116. The molecule has 3 nitrogen and oxygen atoms in total. The Morgan fingerprint density at radius 2 is 2.04 bits per heavy atom. The van der Waals surface area contributed by atoms with E-state index in [1.54, 1.807) is 17.4 Å². The quantitative estimate of drug-likeness (QED) is 0.661. The largest absolute Gasteiger partial charge is 0.494 e. The van der Waals surface area contributed by atoms with Crippen molar-refractivity contribution in [3.8, 4) is 5.75 Å². The lowest BCUT2D eigenvalue weighted by atomic mass is 10.1. The maximum Gasteiger partial charge on any atom is 0.244 e. The molecule has 0 bridgehead atoms. The van der Waals surface area contributed by atoms with Crippen LogP contribution in [-0.2, 0) is 11.2 Å². The first-order valence-corrected chi connectivity index (χ1v) is 9.21. The maximum atomic E-state index is 11.8. The van der Waals surface area contributed by atoms with E-state index in [0.717, 1.165) is 33.9 Å². The molecule has 5 heteroatoms. The zero-order valence-corrected chi connectivity index (χ0v) is 15.5. The second kappa shape index (κ2) is 9.53. The first-order chi connectivity index (χ1) is 11.2. The Morgan fingerprint density at radius 3 is 2.70 bits per heavy atom. The molecule has 1 amide bonds. The number of ether oxygens (including phenoxy) is 1. The third-order valence-electron chi connectivity index (χ3n) is 3.10. The molecule has 2 rings (SSSR count). The van der Waals surface area contributed by atoms with E-state index < -0.39 is 0 Å². The molecule has 0 saturated heterocycles. The van der Waals surface area contributed by atoms with E-state index in [-0.39, 0.29) is 5.91 Å². The lowest BCUT2D eigenvalue weighted by Gasteiger charge is -2.06. The summed E-state index contributed by atoms with van der Waals surface area (Å²) in [6.07, 6.45) is 5.20. The second-order valence-corrected chi connectivity index (χ2v) is 7.50. The van der Waals surface area contributed by atoms with Gasteiger partial charge < -0.3 is 10.1 Å². The zero-order chi connectivity index (χ0) is 16.5. The van der Waals surface area contributed by atoms with Crippen molar-refractivity contribution in [2.75, 3.05) is 13.2 Å². The third-order valence-corrected chi connectivity index (χ3v) is 4.69. The summed E-state index contributed by atoms with van der Waals surface area (Å²) in [5.74, 6) is 0.821. The number of thiophene rings is 1. The van der Waals surface area contributed by atoms with Gasteiger partial charge in [-0.25, -0.2) is 0 Å². The van der Waals surface area contributed by atoms with Crippen LogP contribution in [0.15, 0.2) is 46.3 Å². The van der Waals surface area contributed by atoms with Gasteiger partial charge in [-0.3, -0.25) is 4.79 Å². The highest BCUT2D eigenvalue weighted by atomic mass is 79.9. The minimum Gasteiger partial charge on any atom is -0.494 e. The minimum atomic E-state index is -0.0718. The van der Waals surface area contributed by atoms with Crippen LogP contribution in [0.3, 0.4) is 0 Å². The molecule has 122 valence electrons. The SMILES string of the molecule is CCCOc1ccc(CCNC(=O)/C=C/c2ccc(Br)s2)cc1. The lowest BCUT2D eigenvalue weighted by Crippen LogP contribution is -2.23. The Morgan fingerprint density at radius 1 is 1.26 bits per heavy atom. The Balaban J connectivity index is 1.71. The standard InChI is InChI=1S/C18H20BrNO2S/c1-2-13-22-15-5-3-14(4-6-15)11-12-20-18(21)10-8-16-7-9-17(19)23-16/h3-10H,2,11-13H2,1H3,(H,20,21)/b10-8+. The molecule has 1 aromatic carbocycles. The summed E-state index contributed by atoms with van der Waals surface area (Å²) in [6.45, 7) is 3.44. The van der Waals surface area contributed by atoms with Gasteiger partial charge in [0.2, 0.25) is 5.91 Å². The number of benzene rings is 1. The van der Waals surface area contributed by atoms with Crippen molar-refractivity contribution >= 4 is 39.2 Å². The molecule has 2 aromatic rings. The molecule has 0 fully saturated rings. The number of carbonyl (C=O) groups is 1. The number of hydrogen-bond donors (Lipinski definition) is 1. The van der Waals surface area contributed by atoms with Crippen molar-refractivity contribution in [1.29, 1.82) is 0 Å². The van der Waals surface area contributed by atoms with Crippen molar-refractivity contribution in [3.63, 3.8) is 0 Å². The third kappa shape index (κ3) is 6.59. The molecule has 1 N–H and O–H groups in total. The molecule has 0 saturated carbocycles. The summed E-state index contributed by atoms with van der Waals surface area (Å²) in [5.41, 5.74) is 1.18. The van der Waals surface area contributed by atoms with Gasteiger partial charge >= 0.3 is 0 Å². The maximum absolute atomic E-state index is 11.8. The minimum absolute atomic E-state index is 0.0718. The summed E-state index contributed by atoms with van der Waals surface area (Å²) >= 11 is 5.00. The Labute approximate surface area is 149 Å². The average Bonchev–Trinajstić information content (AvgIpc) is 2.98. The molecule has 0 aliphatic carbocycles. The smallest absolute Gasteiger partial charge is 0.244 e. The van der Waals surface area contributed by atoms with Crippen LogP contribution in [0, 0.1) is 0 Å². The number of hydrogen-bond acceptors (Lipinski definition) is 3. The predicted octanol–water partition coefficient (Wildman–Crippen LogP) is 4.67. The fourth-order valence-electron chi connectivity index (χ4n) is 1.94.